The van der Waals surface area contributed by atoms with Crippen molar-refractivity contribution in [2.45, 2.75) is 39.5 Å². The normalized spacial score (nSPS) is 19.1. The second-order valence-corrected chi connectivity index (χ2v) is 7.49. The average molecular weight is 308 g/mol. The molecule has 2 rings (SSSR count). The van der Waals surface area contributed by atoms with Gasteiger partial charge in [0, 0.05) is 17.8 Å². The van der Waals surface area contributed by atoms with Gasteiger partial charge in [-0.15, -0.1) is 11.3 Å². The van der Waals surface area contributed by atoms with E-state index in [-0.39, 0.29) is 5.91 Å². The van der Waals surface area contributed by atoms with E-state index in [1.807, 2.05) is 0 Å². The standard InChI is InChI=1S/C17H28N2OS/c1-13(10-16-4-3-9-21-16)12-19-17(20)11-14(2)15-5-7-18-8-6-15/h3-4,9,13-15,18H,5-8,10-12H2,1-2H3,(H,19,20). The van der Waals surface area contributed by atoms with Crippen LogP contribution < -0.4 is 10.6 Å². The molecule has 3 nitrogen and oxygen atoms in total. The number of amides is 1. The topological polar surface area (TPSA) is 41.1 Å². The summed E-state index contributed by atoms with van der Waals surface area (Å²) in [6.45, 7) is 7.43. The monoisotopic (exact) mass is 308 g/mol. The minimum atomic E-state index is 0.221. The molecule has 0 bridgehead atoms. The van der Waals surface area contributed by atoms with E-state index in [1.165, 1.54) is 17.7 Å². The van der Waals surface area contributed by atoms with Crippen molar-refractivity contribution < 1.29 is 4.79 Å². The summed E-state index contributed by atoms with van der Waals surface area (Å²) in [5.74, 6) is 1.93. The predicted octanol–water partition coefficient (Wildman–Crippen LogP) is 3.07. The smallest absolute Gasteiger partial charge is 0.220 e. The number of hydrogen-bond acceptors (Lipinski definition) is 3. The number of hydrogen-bond donors (Lipinski definition) is 2. The Balaban J connectivity index is 1.64. The van der Waals surface area contributed by atoms with Crippen LogP contribution in [0.5, 0.6) is 0 Å². The molecule has 0 radical (unpaired) electrons. The van der Waals surface area contributed by atoms with Gasteiger partial charge in [-0.1, -0.05) is 19.9 Å². The van der Waals surface area contributed by atoms with Crippen LogP contribution in [0.4, 0.5) is 0 Å². The van der Waals surface area contributed by atoms with Gasteiger partial charge in [0.1, 0.15) is 0 Å². The van der Waals surface area contributed by atoms with Crippen LogP contribution >= 0.6 is 11.3 Å². The molecular formula is C17H28N2OS. The van der Waals surface area contributed by atoms with Crippen LogP contribution in [0.15, 0.2) is 17.5 Å². The summed E-state index contributed by atoms with van der Waals surface area (Å²) in [6.07, 6.45) is 4.16. The van der Waals surface area contributed by atoms with Crippen LogP contribution in [0, 0.1) is 17.8 Å². The molecule has 1 aliphatic heterocycles. The van der Waals surface area contributed by atoms with Crippen molar-refractivity contribution in [1.29, 1.82) is 0 Å². The molecule has 1 aliphatic rings. The maximum Gasteiger partial charge on any atom is 0.220 e. The summed E-state index contributed by atoms with van der Waals surface area (Å²) in [7, 11) is 0. The summed E-state index contributed by atoms with van der Waals surface area (Å²) < 4.78 is 0. The van der Waals surface area contributed by atoms with E-state index >= 15 is 0 Å². The summed E-state index contributed by atoms with van der Waals surface area (Å²) >= 11 is 1.80. The van der Waals surface area contributed by atoms with E-state index in [0.29, 0.717) is 24.2 Å². The lowest BCUT2D eigenvalue weighted by atomic mass is 9.84. The summed E-state index contributed by atoms with van der Waals surface area (Å²) in [5, 5.41) is 8.61. The molecule has 0 saturated carbocycles. The summed E-state index contributed by atoms with van der Waals surface area (Å²) in [5.41, 5.74) is 0. The van der Waals surface area contributed by atoms with Gasteiger partial charge in [-0.3, -0.25) is 4.79 Å². The second-order valence-electron chi connectivity index (χ2n) is 6.46. The van der Waals surface area contributed by atoms with Gasteiger partial charge < -0.3 is 10.6 Å². The number of rotatable bonds is 7. The van der Waals surface area contributed by atoms with Gasteiger partial charge in [0.15, 0.2) is 0 Å². The van der Waals surface area contributed by atoms with Crippen LogP contribution in [0.1, 0.15) is 38.0 Å². The Labute approximate surface area is 132 Å². The van der Waals surface area contributed by atoms with E-state index in [9.17, 15) is 4.79 Å². The van der Waals surface area contributed by atoms with E-state index in [0.717, 1.165) is 26.1 Å². The average Bonchev–Trinajstić information content (AvgIpc) is 2.99. The Morgan fingerprint density at radius 1 is 1.43 bits per heavy atom. The van der Waals surface area contributed by atoms with Gasteiger partial charge in [-0.05, 0) is 61.6 Å². The lowest BCUT2D eigenvalue weighted by molar-refractivity contribution is -0.122. The highest BCUT2D eigenvalue weighted by Gasteiger charge is 2.22. The van der Waals surface area contributed by atoms with Crippen molar-refractivity contribution in [3.05, 3.63) is 22.4 Å². The summed E-state index contributed by atoms with van der Waals surface area (Å²) in [4.78, 5) is 13.5. The minimum absolute atomic E-state index is 0.221. The van der Waals surface area contributed by atoms with Gasteiger partial charge in [-0.2, -0.15) is 0 Å². The molecule has 21 heavy (non-hydrogen) atoms. The largest absolute Gasteiger partial charge is 0.356 e. The zero-order chi connectivity index (χ0) is 15.1. The molecule has 2 atom stereocenters. The Hall–Kier alpha value is -0.870. The Morgan fingerprint density at radius 3 is 2.86 bits per heavy atom. The number of thiophene rings is 1. The molecular weight excluding hydrogens is 280 g/mol. The van der Waals surface area contributed by atoms with Gasteiger partial charge in [-0.25, -0.2) is 0 Å². The number of nitrogens with one attached hydrogen (secondary N) is 2. The fraction of sp³-hybridized carbons (Fsp3) is 0.706. The maximum absolute atomic E-state index is 12.1. The van der Waals surface area contributed by atoms with E-state index in [4.69, 9.17) is 0 Å². The third-order valence-electron chi connectivity index (χ3n) is 4.47. The molecule has 0 aromatic carbocycles. The predicted molar refractivity (Wildman–Crippen MR) is 89.6 cm³/mol. The van der Waals surface area contributed by atoms with Gasteiger partial charge in [0.05, 0.1) is 0 Å². The maximum atomic E-state index is 12.1. The third-order valence-corrected chi connectivity index (χ3v) is 5.37. The Morgan fingerprint density at radius 2 is 2.19 bits per heavy atom. The first-order valence-electron chi connectivity index (χ1n) is 8.15. The molecule has 2 unspecified atom stereocenters. The molecule has 2 N–H and O–H groups in total. The van der Waals surface area contributed by atoms with Crippen molar-refractivity contribution >= 4 is 17.2 Å². The van der Waals surface area contributed by atoms with E-state index in [2.05, 4.69) is 42.0 Å². The van der Waals surface area contributed by atoms with Crippen LogP contribution in [0.25, 0.3) is 0 Å². The van der Waals surface area contributed by atoms with Crippen molar-refractivity contribution in [1.82, 2.24) is 10.6 Å². The minimum Gasteiger partial charge on any atom is -0.356 e. The van der Waals surface area contributed by atoms with E-state index in [1.54, 1.807) is 11.3 Å². The Bertz CT molecular complexity index is 412. The van der Waals surface area contributed by atoms with Crippen LogP contribution in [-0.2, 0) is 11.2 Å². The van der Waals surface area contributed by atoms with E-state index < -0.39 is 0 Å². The molecule has 1 aromatic heterocycles. The molecule has 118 valence electrons. The van der Waals surface area contributed by atoms with Crippen LogP contribution in [-0.4, -0.2) is 25.5 Å². The zero-order valence-corrected chi connectivity index (χ0v) is 14.0. The highest BCUT2D eigenvalue weighted by atomic mass is 32.1. The highest BCUT2D eigenvalue weighted by Crippen LogP contribution is 2.24. The molecule has 4 heteroatoms. The molecule has 2 heterocycles. The molecule has 0 spiro atoms. The molecule has 1 aromatic rings. The first kappa shape index (κ1) is 16.5. The van der Waals surface area contributed by atoms with Gasteiger partial charge >= 0.3 is 0 Å². The quantitative estimate of drug-likeness (QED) is 0.813. The lowest BCUT2D eigenvalue weighted by Gasteiger charge is -2.28. The fourth-order valence-corrected chi connectivity index (χ4v) is 3.95. The van der Waals surface area contributed by atoms with Crippen LogP contribution in [0.3, 0.4) is 0 Å². The molecule has 1 fully saturated rings. The lowest BCUT2D eigenvalue weighted by Crippen LogP contribution is -2.34. The van der Waals surface area contributed by atoms with Gasteiger partial charge in [0.25, 0.3) is 0 Å². The Kier molecular flexibility index (Phi) is 6.71. The molecule has 1 saturated heterocycles. The number of carbonyl (C=O) groups excluding carboxylic acids is 1. The molecule has 1 amide bonds. The van der Waals surface area contributed by atoms with Crippen molar-refractivity contribution in [2.75, 3.05) is 19.6 Å². The van der Waals surface area contributed by atoms with Crippen LogP contribution in [0.2, 0.25) is 0 Å². The van der Waals surface area contributed by atoms with Crippen molar-refractivity contribution in [2.24, 2.45) is 17.8 Å². The second kappa shape index (κ2) is 8.54. The number of carbonyl (C=O) groups is 1. The first-order chi connectivity index (χ1) is 10.1. The van der Waals surface area contributed by atoms with Crippen molar-refractivity contribution in [3.63, 3.8) is 0 Å². The highest BCUT2D eigenvalue weighted by molar-refractivity contribution is 7.09. The van der Waals surface area contributed by atoms with Crippen molar-refractivity contribution in [3.8, 4) is 0 Å². The molecule has 0 aliphatic carbocycles. The first-order valence-corrected chi connectivity index (χ1v) is 9.03. The zero-order valence-electron chi connectivity index (χ0n) is 13.2. The summed E-state index contributed by atoms with van der Waals surface area (Å²) in [6, 6.07) is 4.26. The third kappa shape index (κ3) is 5.79. The van der Waals surface area contributed by atoms with Gasteiger partial charge in [0.2, 0.25) is 5.91 Å². The SMILES string of the molecule is CC(CNC(=O)CC(C)C1CCNCC1)Cc1cccs1. The number of piperidine rings is 1. The fourth-order valence-electron chi connectivity index (χ4n) is 3.08.